The first kappa shape index (κ1) is 16.6. The molecule has 1 nitrogen and oxygen atoms in total. The van der Waals surface area contributed by atoms with Crippen molar-refractivity contribution in [2.45, 2.75) is 6.92 Å². The highest BCUT2D eigenvalue weighted by molar-refractivity contribution is 6.42. The zero-order chi connectivity index (χ0) is 16.6. The van der Waals surface area contributed by atoms with Crippen molar-refractivity contribution >= 4 is 46.4 Å². The number of aryl methyl sites for hydroxylation is 1. The maximum absolute atomic E-state index is 6.12. The van der Waals surface area contributed by atoms with Crippen LogP contribution < -0.4 is 0 Å². The standard InChI is InChI=1S/C18H11Cl4N/c1-10-6-13(11-2-4-14(19)16(21)7-11)9-18(23-10)12-3-5-15(20)17(22)8-12/h2-9H,1H3. The summed E-state index contributed by atoms with van der Waals surface area (Å²) >= 11 is 24.2. The van der Waals surface area contributed by atoms with E-state index >= 15 is 0 Å². The summed E-state index contributed by atoms with van der Waals surface area (Å²) in [5.74, 6) is 0. The van der Waals surface area contributed by atoms with E-state index in [1.165, 1.54) is 0 Å². The van der Waals surface area contributed by atoms with Crippen LogP contribution in [0.1, 0.15) is 5.69 Å². The van der Waals surface area contributed by atoms with Gasteiger partial charge < -0.3 is 0 Å². The molecule has 0 saturated heterocycles. The van der Waals surface area contributed by atoms with Crippen molar-refractivity contribution < 1.29 is 0 Å². The van der Waals surface area contributed by atoms with Crippen LogP contribution in [-0.4, -0.2) is 4.98 Å². The van der Waals surface area contributed by atoms with E-state index in [0.29, 0.717) is 20.1 Å². The number of nitrogens with zero attached hydrogens (tertiary/aromatic N) is 1. The molecule has 3 aromatic rings. The van der Waals surface area contributed by atoms with Gasteiger partial charge in [0.2, 0.25) is 0 Å². The third-order valence-electron chi connectivity index (χ3n) is 3.42. The largest absolute Gasteiger partial charge is 0.253 e. The molecule has 0 aliphatic heterocycles. The Morgan fingerprint density at radius 3 is 1.78 bits per heavy atom. The Balaban J connectivity index is 2.11. The molecule has 0 fully saturated rings. The topological polar surface area (TPSA) is 12.9 Å². The summed E-state index contributed by atoms with van der Waals surface area (Å²) in [5, 5.41) is 2.08. The Kier molecular flexibility index (Phi) is 4.84. The van der Waals surface area contributed by atoms with Gasteiger partial charge in [0, 0.05) is 11.3 Å². The summed E-state index contributed by atoms with van der Waals surface area (Å²) in [4.78, 5) is 4.58. The van der Waals surface area contributed by atoms with Crippen LogP contribution in [0.3, 0.4) is 0 Å². The van der Waals surface area contributed by atoms with Gasteiger partial charge >= 0.3 is 0 Å². The summed E-state index contributed by atoms with van der Waals surface area (Å²) < 4.78 is 0. The molecule has 0 amide bonds. The third kappa shape index (κ3) is 3.64. The lowest BCUT2D eigenvalue weighted by atomic mass is 10.0. The molecule has 0 bridgehead atoms. The lowest BCUT2D eigenvalue weighted by molar-refractivity contribution is 1.21. The Morgan fingerprint density at radius 2 is 1.17 bits per heavy atom. The van der Waals surface area contributed by atoms with Gasteiger partial charge in [-0.1, -0.05) is 58.5 Å². The second-order valence-electron chi connectivity index (χ2n) is 5.14. The first-order chi connectivity index (χ1) is 10.9. The number of pyridine rings is 1. The maximum Gasteiger partial charge on any atom is 0.0711 e. The molecule has 0 aliphatic rings. The van der Waals surface area contributed by atoms with Gasteiger partial charge in [-0.15, -0.1) is 0 Å². The highest BCUT2D eigenvalue weighted by atomic mass is 35.5. The number of hydrogen-bond acceptors (Lipinski definition) is 1. The van der Waals surface area contributed by atoms with Crippen LogP contribution in [0.4, 0.5) is 0 Å². The fourth-order valence-corrected chi connectivity index (χ4v) is 2.91. The molecule has 2 aromatic carbocycles. The first-order valence-corrected chi connectivity index (χ1v) is 8.35. The normalized spacial score (nSPS) is 10.8. The van der Waals surface area contributed by atoms with E-state index in [-0.39, 0.29) is 0 Å². The molecule has 0 radical (unpaired) electrons. The van der Waals surface area contributed by atoms with Crippen LogP contribution in [0.2, 0.25) is 20.1 Å². The lowest BCUT2D eigenvalue weighted by Crippen LogP contribution is -1.90. The highest BCUT2D eigenvalue weighted by Crippen LogP contribution is 2.32. The van der Waals surface area contributed by atoms with Crippen LogP contribution in [0.5, 0.6) is 0 Å². The molecule has 3 rings (SSSR count). The minimum Gasteiger partial charge on any atom is -0.253 e. The molecular formula is C18H11Cl4N. The van der Waals surface area contributed by atoms with E-state index in [1.807, 2.05) is 43.3 Å². The second kappa shape index (κ2) is 6.70. The van der Waals surface area contributed by atoms with Gasteiger partial charge in [-0.05, 0) is 54.4 Å². The Bertz CT molecular complexity index is 820. The maximum atomic E-state index is 6.12. The minimum absolute atomic E-state index is 0.503. The highest BCUT2D eigenvalue weighted by Gasteiger charge is 2.08. The van der Waals surface area contributed by atoms with Crippen molar-refractivity contribution in [1.82, 2.24) is 4.98 Å². The smallest absolute Gasteiger partial charge is 0.0711 e. The van der Waals surface area contributed by atoms with Crippen molar-refractivity contribution in [2.24, 2.45) is 0 Å². The van der Waals surface area contributed by atoms with Crippen molar-refractivity contribution in [3.05, 3.63) is 74.3 Å². The zero-order valence-electron chi connectivity index (χ0n) is 12.1. The number of hydrogen-bond donors (Lipinski definition) is 0. The van der Waals surface area contributed by atoms with E-state index in [2.05, 4.69) is 4.98 Å². The summed E-state index contributed by atoms with van der Waals surface area (Å²) in [5.41, 5.74) is 4.62. The zero-order valence-corrected chi connectivity index (χ0v) is 15.1. The van der Waals surface area contributed by atoms with Crippen LogP contribution in [0.15, 0.2) is 48.5 Å². The van der Waals surface area contributed by atoms with E-state index in [9.17, 15) is 0 Å². The predicted octanol–water partition coefficient (Wildman–Crippen LogP) is 7.34. The van der Waals surface area contributed by atoms with Crippen molar-refractivity contribution in [2.75, 3.05) is 0 Å². The Morgan fingerprint density at radius 1 is 0.609 bits per heavy atom. The Hall–Kier alpha value is -1.25. The summed E-state index contributed by atoms with van der Waals surface area (Å²) in [7, 11) is 0. The molecule has 1 heterocycles. The fourth-order valence-electron chi connectivity index (χ4n) is 2.31. The number of rotatable bonds is 2. The van der Waals surface area contributed by atoms with Gasteiger partial charge in [-0.3, -0.25) is 4.98 Å². The van der Waals surface area contributed by atoms with Gasteiger partial charge in [0.15, 0.2) is 0 Å². The first-order valence-electron chi connectivity index (χ1n) is 6.83. The van der Waals surface area contributed by atoms with Gasteiger partial charge in [0.25, 0.3) is 0 Å². The van der Waals surface area contributed by atoms with E-state index in [1.54, 1.807) is 12.1 Å². The van der Waals surface area contributed by atoms with Gasteiger partial charge in [0.05, 0.1) is 25.8 Å². The summed E-state index contributed by atoms with van der Waals surface area (Å²) in [6, 6.07) is 15.0. The van der Waals surface area contributed by atoms with Gasteiger partial charge in [0.1, 0.15) is 0 Å². The van der Waals surface area contributed by atoms with Crippen LogP contribution in [0, 0.1) is 6.92 Å². The summed E-state index contributed by atoms with van der Waals surface area (Å²) in [6.45, 7) is 1.95. The summed E-state index contributed by atoms with van der Waals surface area (Å²) in [6.07, 6.45) is 0. The predicted molar refractivity (Wildman–Crippen MR) is 99.9 cm³/mol. The molecule has 23 heavy (non-hydrogen) atoms. The van der Waals surface area contributed by atoms with E-state index in [4.69, 9.17) is 46.4 Å². The fraction of sp³-hybridized carbons (Fsp3) is 0.0556. The van der Waals surface area contributed by atoms with Crippen LogP contribution >= 0.6 is 46.4 Å². The molecule has 0 atom stereocenters. The van der Waals surface area contributed by atoms with Crippen molar-refractivity contribution in [1.29, 1.82) is 0 Å². The van der Waals surface area contributed by atoms with E-state index in [0.717, 1.165) is 28.1 Å². The second-order valence-corrected chi connectivity index (χ2v) is 6.77. The molecule has 0 unspecified atom stereocenters. The minimum atomic E-state index is 0.503. The van der Waals surface area contributed by atoms with Crippen LogP contribution in [-0.2, 0) is 0 Å². The molecule has 1 aromatic heterocycles. The molecule has 0 aliphatic carbocycles. The molecule has 5 heteroatoms. The molecule has 0 N–H and O–H groups in total. The average molecular weight is 383 g/mol. The number of halogens is 4. The molecule has 116 valence electrons. The molecule has 0 spiro atoms. The SMILES string of the molecule is Cc1cc(-c2ccc(Cl)c(Cl)c2)cc(-c2ccc(Cl)c(Cl)c2)n1. The average Bonchev–Trinajstić information content (AvgIpc) is 2.52. The quantitative estimate of drug-likeness (QED) is 0.451. The monoisotopic (exact) mass is 381 g/mol. The van der Waals surface area contributed by atoms with Crippen molar-refractivity contribution in [3.8, 4) is 22.4 Å². The Labute approximate surface area is 154 Å². The molecular weight excluding hydrogens is 372 g/mol. The number of benzene rings is 2. The van der Waals surface area contributed by atoms with Gasteiger partial charge in [-0.2, -0.15) is 0 Å². The lowest BCUT2D eigenvalue weighted by Gasteiger charge is -2.09. The molecule has 0 saturated carbocycles. The number of aromatic nitrogens is 1. The van der Waals surface area contributed by atoms with Crippen molar-refractivity contribution in [3.63, 3.8) is 0 Å². The third-order valence-corrected chi connectivity index (χ3v) is 4.90. The van der Waals surface area contributed by atoms with E-state index < -0.39 is 0 Å². The van der Waals surface area contributed by atoms with Crippen LogP contribution in [0.25, 0.3) is 22.4 Å². The van der Waals surface area contributed by atoms with Gasteiger partial charge in [-0.25, -0.2) is 0 Å².